The molecule has 3 atom stereocenters. The van der Waals surface area contributed by atoms with Gasteiger partial charge in [-0.1, -0.05) is 30.4 Å². The lowest BCUT2D eigenvalue weighted by molar-refractivity contribution is 0.435. The van der Waals surface area contributed by atoms with Gasteiger partial charge in [0, 0.05) is 50.6 Å². The molecule has 238 valence electrons. The quantitative estimate of drug-likeness (QED) is 0.214. The fourth-order valence-electron chi connectivity index (χ4n) is 6.58. The van der Waals surface area contributed by atoms with E-state index < -0.39 is 0 Å². The smallest absolute Gasteiger partial charge is 0.104 e. The maximum atomic E-state index is 4.27. The number of benzene rings is 1. The van der Waals surface area contributed by atoms with Crippen molar-refractivity contribution in [2.75, 3.05) is 19.6 Å². The number of pyridine rings is 2. The van der Waals surface area contributed by atoms with Gasteiger partial charge in [0.15, 0.2) is 0 Å². The maximum Gasteiger partial charge on any atom is 0.104 e. The number of nitrogens with zero attached hydrogens (tertiary/aromatic N) is 2. The first-order valence-corrected chi connectivity index (χ1v) is 16.5. The molecular weight excluding hydrogens is 592 g/mol. The van der Waals surface area contributed by atoms with Crippen LogP contribution in [0.3, 0.4) is 0 Å². The van der Waals surface area contributed by atoms with E-state index in [0.29, 0.717) is 0 Å². The van der Waals surface area contributed by atoms with Crippen LogP contribution in [-0.2, 0) is 0 Å². The number of allylic oxidation sites excluding steroid dienone is 4. The molecule has 0 spiro atoms. The zero-order valence-electron chi connectivity index (χ0n) is 26.5. The molecule has 5 aliphatic heterocycles. The summed E-state index contributed by atoms with van der Waals surface area (Å²) in [5.41, 5.74) is 12.8. The van der Waals surface area contributed by atoms with E-state index in [4.69, 9.17) is 0 Å². The minimum Gasteiger partial charge on any atom is -0.387 e. The molecule has 0 fully saturated rings. The molecule has 8 heteroatoms. The Bertz CT molecular complexity index is 1960. The van der Waals surface area contributed by atoms with Gasteiger partial charge in [-0.2, -0.15) is 0 Å². The van der Waals surface area contributed by atoms with Gasteiger partial charge >= 0.3 is 0 Å². The molecule has 7 heterocycles. The standard InChI is InChI=1S/C40H38N8/c1-4-37(46-25-31(1)27-5-13-41-14-6-27)39-24-38(32-2-3-36(45-26-32)30-11-19-44-20-12-30)47-40(48-39)35-22-33(28-7-15-42-16-8-28)21-34(23-35)29-9-17-43-18-10-29/h1-17,19,21-24,26,36,38,40,43-48H,18,20,25H2. The topological polar surface area (TPSA) is 98.0 Å². The molecule has 0 amide bonds. The van der Waals surface area contributed by atoms with Crippen LogP contribution in [0.1, 0.15) is 22.9 Å². The third kappa shape index (κ3) is 6.38. The highest BCUT2D eigenvalue weighted by Gasteiger charge is 2.28. The summed E-state index contributed by atoms with van der Waals surface area (Å²) in [6.45, 7) is 2.39. The van der Waals surface area contributed by atoms with Gasteiger partial charge in [-0.3, -0.25) is 15.3 Å². The molecule has 3 aromatic rings. The van der Waals surface area contributed by atoms with Crippen molar-refractivity contribution in [2.24, 2.45) is 0 Å². The highest BCUT2D eigenvalue weighted by atomic mass is 15.2. The molecule has 0 bridgehead atoms. The summed E-state index contributed by atoms with van der Waals surface area (Å²) in [5, 5.41) is 21.6. The van der Waals surface area contributed by atoms with E-state index in [9.17, 15) is 0 Å². The molecule has 0 radical (unpaired) electrons. The van der Waals surface area contributed by atoms with E-state index >= 15 is 0 Å². The summed E-state index contributed by atoms with van der Waals surface area (Å²) < 4.78 is 0. The van der Waals surface area contributed by atoms with Crippen molar-refractivity contribution < 1.29 is 0 Å². The summed E-state index contributed by atoms with van der Waals surface area (Å²) in [4.78, 5) is 8.45. The number of dihydropyridines is 4. The van der Waals surface area contributed by atoms with E-state index in [2.05, 4.69) is 145 Å². The van der Waals surface area contributed by atoms with Gasteiger partial charge in [-0.25, -0.2) is 0 Å². The monoisotopic (exact) mass is 630 g/mol. The van der Waals surface area contributed by atoms with Crippen molar-refractivity contribution in [3.63, 3.8) is 0 Å². The van der Waals surface area contributed by atoms with Gasteiger partial charge in [0.05, 0.1) is 23.5 Å². The first-order valence-electron chi connectivity index (χ1n) is 16.5. The van der Waals surface area contributed by atoms with Crippen molar-refractivity contribution in [3.8, 4) is 11.1 Å². The largest absolute Gasteiger partial charge is 0.387 e. The van der Waals surface area contributed by atoms with Crippen LogP contribution in [0, 0.1) is 0 Å². The van der Waals surface area contributed by atoms with Crippen molar-refractivity contribution in [1.82, 2.24) is 41.9 Å². The van der Waals surface area contributed by atoms with Gasteiger partial charge in [0.1, 0.15) is 6.17 Å². The SMILES string of the molecule is C1=CC(c2cc(-c3ccncc3)cc(C3NC(C4=CC=C(c5ccncc5)CN4)=CC(C4=CNC(C5=CCNC=C5)C=C4)N3)c2)=CCN1. The van der Waals surface area contributed by atoms with Crippen LogP contribution >= 0.6 is 0 Å². The summed E-state index contributed by atoms with van der Waals surface area (Å²) >= 11 is 0. The average molecular weight is 631 g/mol. The van der Waals surface area contributed by atoms with Crippen LogP contribution < -0.4 is 31.9 Å². The minimum atomic E-state index is -0.155. The highest BCUT2D eigenvalue weighted by Crippen LogP contribution is 2.32. The van der Waals surface area contributed by atoms with Gasteiger partial charge in [-0.15, -0.1) is 0 Å². The Kier molecular flexibility index (Phi) is 8.29. The number of aromatic nitrogens is 2. The molecule has 48 heavy (non-hydrogen) atoms. The van der Waals surface area contributed by atoms with Crippen LogP contribution in [0.4, 0.5) is 0 Å². The van der Waals surface area contributed by atoms with Gasteiger partial charge < -0.3 is 26.6 Å². The predicted molar refractivity (Wildman–Crippen MR) is 193 cm³/mol. The molecular formula is C40H38N8. The summed E-state index contributed by atoms with van der Waals surface area (Å²) in [7, 11) is 0. The number of hydrogen-bond acceptors (Lipinski definition) is 8. The second kappa shape index (κ2) is 13.5. The summed E-state index contributed by atoms with van der Waals surface area (Å²) in [6.07, 6.45) is 33.3. The molecule has 8 rings (SSSR count). The Morgan fingerprint density at radius 1 is 0.667 bits per heavy atom. The Balaban J connectivity index is 1.15. The number of hydrogen-bond donors (Lipinski definition) is 6. The fraction of sp³-hybridized carbons (Fsp3) is 0.150. The third-order valence-electron chi connectivity index (χ3n) is 9.18. The number of nitrogens with one attached hydrogen (secondary N) is 6. The zero-order valence-corrected chi connectivity index (χ0v) is 26.5. The Morgan fingerprint density at radius 3 is 2.12 bits per heavy atom. The Morgan fingerprint density at radius 2 is 1.44 bits per heavy atom. The second-order valence-corrected chi connectivity index (χ2v) is 12.2. The predicted octanol–water partition coefficient (Wildman–Crippen LogP) is 5.11. The van der Waals surface area contributed by atoms with E-state index in [0.717, 1.165) is 47.7 Å². The first-order chi connectivity index (χ1) is 23.8. The zero-order chi connectivity index (χ0) is 32.1. The Hall–Kier alpha value is -5.86. The lowest BCUT2D eigenvalue weighted by Gasteiger charge is -2.36. The molecule has 0 saturated carbocycles. The summed E-state index contributed by atoms with van der Waals surface area (Å²) in [5.74, 6) is 0. The molecule has 3 unspecified atom stereocenters. The minimum absolute atomic E-state index is 0.0345. The van der Waals surface area contributed by atoms with Crippen molar-refractivity contribution >= 4 is 11.1 Å². The van der Waals surface area contributed by atoms with Crippen LogP contribution in [-0.4, -0.2) is 41.7 Å². The van der Waals surface area contributed by atoms with Crippen LogP contribution in [0.2, 0.25) is 0 Å². The molecule has 2 aromatic heterocycles. The van der Waals surface area contributed by atoms with Gasteiger partial charge in [-0.05, 0) is 129 Å². The Labute approximate surface area is 281 Å². The molecule has 5 aliphatic rings. The molecule has 8 nitrogen and oxygen atoms in total. The molecule has 6 N–H and O–H groups in total. The van der Waals surface area contributed by atoms with Crippen LogP contribution in [0.25, 0.3) is 22.3 Å². The number of rotatable bonds is 7. The molecule has 1 aromatic carbocycles. The van der Waals surface area contributed by atoms with E-state index in [1.165, 1.54) is 33.4 Å². The molecule has 0 saturated heterocycles. The normalized spacial score (nSPS) is 23.0. The first kappa shape index (κ1) is 29.5. The second-order valence-electron chi connectivity index (χ2n) is 12.2. The van der Waals surface area contributed by atoms with E-state index in [1.807, 2.05) is 37.2 Å². The van der Waals surface area contributed by atoms with E-state index in [1.54, 1.807) is 0 Å². The van der Waals surface area contributed by atoms with Crippen LogP contribution in [0.5, 0.6) is 0 Å². The molecule has 0 aliphatic carbocycles. The average Bonchev–Trinajstić information content (AvgIpc) is 3.19. The van der Waals surface area contributed by atoms with Crippen molar-refractivity contribution in [3.05, 3.63) is 180 Å². The maximum absolute atomic E-state index is 4.27. The summed E-state index contributed by atoms with van der Waals surface area (Å²) in [6, 6.07) is 15.2. The van der Waals surface area contributed by atoms with Crippen molar-refractivity contribution in [2.45, 2.75) is 18.2 Å². The van der Waals surface area contributed by atoms with Crippen LogP contribution in [0.15, 0.2) is 163 Å². The van der Waals surface area contributed by atoms with Gasteiger partial charge in [0.25, 0.3) is 0 Å². The lowest BCUT2D eigenvalue weighted by Crippen LogP contribution is -2.47. The highest BCUT2D eigenvalue weighted by molar-refractivity contribution is 5.79. The fourth-order valence-corrected chi connectivity index (χ4v) is 6.58. The van der Waals surface area contributed by atoms with Crippen molar-refractivity contribution in [1.29, 1.82) is 0 Å². The van der Waals surface area contributed by atoms with E-state index in [-0.39, 0.29) is 18.2 Å². The lowest BCUT2D eigenvalue weighted by atomic mass is 9.92. The van der Waals surface area contributed by atoms with Gasteiger partial charge in [0.2, 0.25) is 0 Å². The third-order valence-corrected chi connectivity index (χ3v) is 9.18.